The summed E-state index contributed by atoms with van der Waals surface area (Å²) in [7, 11) is -1.13. The molecule has 0 heterocycles. The maximum Gasteiger partial charge on any atom is 0.193 e. The van der Waals surface area contributed by atoms with Crippen LogP contribution in [0.2, 0.25) is 0 Å². The quantitative estimate of drug-likeness (QED) is 0.334. The van der Waals surface area contributed by atoms with Gasteiger partial charge in [0.2, 0.25) is 0 Å². The number of benzene rings is 1. The number of likely N-dealkylation sites (N-methyl/N-ethyl adjacent to an activating group) is 1. The van der Waals surface area contributed by atoms with Crippen LogP contribution in [0.5, 0.6) is 0 Å². The Morgan fingerprint density at radius 1 is 1.30 bits per heavy atom. The summed E-state index contributed by atoms with van der Waals surface area (Å²) in [6.07, 6.45) is 3.12. The lowest BCUT2D eigenvalue weighted by molar-refractivity contribution is 0.115. The summed E-state index contributed by atoms with van der Waals surface area (Å²) in [5.41, 5.74) is 0.834. The number of sulfone groups is 1. The van der Waals surface area contributed by atoms with Crippen LogP contribution < -0.4 is 5.32 Å². The summed E-state index contributed by atoms with van der Waals surface area (Å²) in [6.45, 7) is 5.60. The first-order valence-electron chi connectivity index (χ1n) is 9.81. The zero-order valence-corrected chi connectivity index (χ0v) is 17.4. The van der Waals surface area contributed by atoms with Crippen molar-refractivity contribution in [3.63, 3.8) is 0 Å². The maximum absolute atomic E-state index is 12.2. The highest BCUT2D eigenvalue weighted by Crippen LogP contribution is 2.28. The molecule has 1 aliphatic rings. The molecule has 1 aromatic rings. The SMILES string of the molecule is CCNC(=NCCCS(=O)(=O)Cc1ccccc1)N(C)CCOCC1CC1. The Hall–Kier alpha value is -1.60. The van der Waals surface area contributed by atoms with Crippen LogP contribution in [0.3, 0.4) is 0 Å². The molecule has 1 fully saturated rings. The van der Waals surface area contributed by atoms with E-state index in [1.54, 1.807) is 0 Å². The predicted octanol–water partition coefficient (Wildman–Crippen LogP) is 2.32. The van der Waals surface area contributed by atoms with E-state index >= 15 is 0 Å². The van der Waals surface area contributed by atoms with Gasteiger partial charge in [-0.1, -0.05) is 30.3 Å². The van der Waals surface area contributed by atoms with Gasteiger partial charge in [-0.3, -0.25) is 4.99 Å². The van der Waals surface area contributed by atoms with Crippen LogP contribution in [0, 0.1) is 5.92 Å². The van der Waals surface area contributed by atoms with Crippen LogP contribution in [0.1, 0.15) is 31.7 Å². The Balaban J connectivity index is 1.72. The molecule has 1 N–H and O–H groups in total. The molecule has 0 spiro atoms. The van der Waals surface area contributed by atoms with Gasteiger partial charge in [-0.25, -0.2) is 8.42 Å². The first-order chi connectivity index (χ1) is 13.0. The number of aliphatic imine (C=N–C) groups is 1. The topological polar surface area (TPSA) is 71.0 Å². The van der Waals surface area contributed by atoms with Crippen molar-refractivity contribution < 1.29 is 13.2 Å². The van der Waals surface area contributed by atoms with Crippen LogP contribution in [0.4, 0.5) is 0 Å². The van der Waals surface area contributed by atoms with Crippen LogP contribution in [-0.4, -0.2) is 64.9 Å². The van der Waals surface area contributed by atoms with Crippen molar-refractivity contribution in [2.24, 2.45) is 10.9 Å². The Bertz CT molecular complexity index is 673. The number of ether oxygens (including phenoxy) is 1. The van der Waals surface area contributed by atoms with E-state index in [0.29, 0.717) is 19.6 Å². The summed E-state index contributed by atoms with van der Waals surface area (Å²) in [5, 5.41) is 3.25. The van der Waals surface area contributed by atoms with Gasteiger partial charge in [0.1, 0.15) is 0 Å². The highest BCUT2D eigenvalue weighted by atomic mass is 32.2. The fraction of sp³-hybridized carbons (Fsp3) is 0.650. The molecular formula is C20H33N3O3S. The number of nitrogens with zero attached hydrogens (tertiary/aromatic N) is 2. The van der Waals surface area contributed by atoms with Crippen LogP contribution in [0.15, 0.2) is 35.3 Å². The molecule has 0 aliphatic heterocycles. The molecule has 7 heteroatoms. The van der Waals surface area contributed by atoms with Gasteiger partial charge in [0.15, 0.2) is 15.8 Å². The summed E-state index contributed by atoms with van der Waals surface area (Å²) in [5.74, 6) is 1.82. The molecular weight excluding hydrogens is 362 g/mol. The summed E-state index contributed by atoms with van der Waals surface area (Å²) < 4.78 is 30.2. The van der Waals surface area contributed by atoms with E-state index in [-0.39, 0.29) is 11.5 Å². The van der Waals surface area contributed by atoms with Gasteiger partial charge in [0.05, 0.1) is 18.1 Å². The number of hydrogen-bond donors (Lipinski definition) is 1. The minimum atomic E-state index is -3.11. The lowest BCUT2D eigenvalue weighted by Gasteiger charge is -2.22. The van der Waals surface area contributed by atoms with Gasteiger partial charge in [-0.05, 0) is 37.7 Å². The second-order valence-electron chi connectivity index (χ2n) is 7.11. The molecule has 0 saturated heterocycles. The molecule has 2 rings (SSSR count). The lowest BCUT2D eigenvalue weighted by Crippen LogP contribution is -2.40. The van der Waals surface area contributed by atoms with Crippen molar-refractivity contribution in [3.05, 3.63) is 35.9 Å². The second-order valence-corrected chi connectivity index (χ2v) is 9.29. The third kappa shape index (κ3) is 9.24. The van der Waals surface area contributed by atoms with E-state index in [4.69, 9.17) is 4.74 Å². The van der Waals surface area contributed by atoms with Crippen molar-refractivity contribution in [3.8, 4) is 0 Å². The van der Waals surface area contributed by atoms with E-state index < -0.39 is 9.84 Å². The third-order valence-electron chi connectivity index (χ3n) is 4.42. The Morgan fingerprint density at radius 3 is 2.70 bits per heavy atom. The van der Waals surface area contributed by atoms with Gasteiger partial charge in [-0.2, -0.15) is 0 Å². The normalized spacial score (nSPS) is 15.0. The van der Waals surface area contributed by atoms with E-state index in [9.17, 15) is 8.42 Å². The Kier molecular flexibility index (Phi) is 9.07. The third-order valence-corrected chi connectivity index (χ3v) is 6.11. The summed E-state index contributed by atoms with van der Waals surface area (Å²) >= 11 is 0. The van der Waals surface area contributed by atoms with Gasteiger partial charge < -0.3 is 15.0 Å². The van der Waals surface area contributed by atoms with Crippen molar-refractivity contribution in [1.29, 1.82) is 0 Å². The van der Waals surface area contributed by atoms with E-state index in [0.717, 1.165) is 37.1 Å². The monoisotopic (exact) mass is 395 g/mol. The largest absolute Gasteiger partial charge is 0.379 e. The Labute approximate surface area is 163 Å². The minimum Gasteiger partial charge on any atom is -0.379 e. The molecule has 1 aromatic carbocycles. The van der Waals surface area contributed by atoms with E-state index in [1.165, 1.54) is 12.8 Å². The molecule has 0 unspecified atom stereocenters. The number of hydrogen-bond acceptors (Lipinski definition) is 4. The highest BCUT2D eigenvalue weighted by Gasteiger charge is 2.21. The molecule has 1 saturated carbocycles. The average molecular weight is 396 g/mol. The highest BCUT2D eigenvalue weighted by molar-refractivity contribution is 7.90. The molecule has 1 aliphatic carbocycles. The summed E-state index contributed by atoms with van der Waals surface area (Å²) in [6, 6.07) is 9.31. The smallest absolute Gasteiger partial charge is 0.193 e. The molecule has 0 amide bonds. The van der Waals surface area contributed by atoms with E-state index in [1.807, 2.05) is 49.2 Å². The molecule has 0 bridgehead atoms. The van der Waals surface area contributed by atoms with Gasteiger partial charge in [0.25, 0.3) is 0 Å². The number of rotatable bonds is 12. The van der Waals surface area contributed by atoms with Crippen LogP contribution >= 0.6 is 0 Å². The fourth-order valence-electron chi connectivity index (χ4n) is 2.68. The Morgan fingerprint density at radius 2 is 2.04 bits per heavy atom. The van der Waals surface area contributed by atoms with Gasteiger partial charge >= 0.3 is 0 Å². The van der Waals surface area contributed by atoms with Gasteiger partial charge in [-0.15, -0.1) is 0 Å². The lowest BCUT2D eigenvalue weighted by atomic mass is 10.2. The predicted molar refractivity (Wildman–Crippen MR) is 111 cm³/mol. The molecule has 6 nitrogen and oxygen atoms in total. The molecule has 27 heavy (non-hydrogen) atoms. The maximum atomic E-state index is 12.2. The number of nitrogens with one attached hydrogen (secondary N) is 1. The molecule has 152 valence electrons. The fourth-order valence-corrected chi connectivity index (χ4v) is 4.09. The zero-order valence-electron chi connectivity index (χ0n) is 16.6. The molecule has 0 radical (unpaired) electrons. The van der Waals surface area contributed by atoms with Crippen molar-refractivity contribution >= 4 is 15.8 Å². The molecule has 0 aromatic heterocycles. The standard InChI is InChI=1S/C20H33N3O3S/c1-3-21-20(23(2)13-14-26-16-18-10-11-18)22-12-7-15-27(24,25)17-19-8-5-4-6-9-19/h4-6,8-9,18H,3,7,10-17H2,1-2H3,(H,21,22). The second kappa shape index (κ2) is 11.3. The first-order valence-corrected chi connectivity index (χ1v) is 11.6. The first kappa shape index (κ1) is 21.7. The van der Waals surface area contributed by atoms with E-state index in [2.05, 4.69) is 10.3 Å². The number of guanidine groups is 1. The van der Waals surface area contributed by atoms with Crippen molar-refractivity contribution in [2.45, 2.75) is 31.9 Å². The van der Waals surface area contributed by atoms with Crippen LogP contribution in [0.25, 0.3) is 0 Å². The van der Waals surface area contributed by atoms with Crippen molar-refractivity contribution in [2.75, 3.05) is 45.6 Å². The summed E-state index contributed by atoms with van der Waals surface area (Å²) in [4.78, 5) is 6.60. The van der Waals surface area contributed by atoms with Gasteiger partial charge in [0, 0.05) is 33.3 Å². The molecule has 0 atom stereocenters. The van der Waals surface area contributed by atoms with Crippen LogP contribution in [-0.2, 0) is 20.3 Å². The zero-order chi connectivity index (χ0) is 19.5. The van der Waals surface area contributed by atoms with Crippen molar-refractivity contribution in [1.82, 2.24) is 10.2 Å². The minimum absolute atomic E-state index is 0.0931. The average Bonchev–Trinajstić information content (AvgIpc) is 3.46.